The Kier molecular flexibility index (Phi) is 5.62. The number of hydrogen-bond donors (Lipinski definition) is 3. The number of carboxylic acids is 1. The number of carbonyl (C=O) groups is 2. The second-order valence-electron chi connectivity index (χ2n) is 3.75. The third-order valence-electron chi connectivity index (χ3n) is 2.23. The van der Waals surface area contributed by atoms with Crippen molar-refractivity contribution in [3.05, 3.63) is 29.8 Å². The molecule has 0 aliphatic heterocycles. The number of ether oxygens (including phenoxy) is 1. The van der Waals surface area contributed by atoms with Crippen LogP contribution in [0.1, 0.15) is 12.5 Å². The second-order valence-corrected chi connectivity index (χ2v) is 3.75. The molecule has 1 atom stereocenters. The van der Waals surface area contributed by atoms with Gasteiger partial charge < -0.3 is 14.9 Å². The normalized spacial score (nSPS) is 11.6. The largest absolute Gasteiger partial charge is 0.508 e. The van der Waals surface area contributed by atoms with Crippen molar-refractivity contribution in [1.29, 1.82) is 0 Å². The summed E-state index contributed by atoms with van der Waals surface area (Å²) in [6.07, 6.45) is -1.53. The zero-order chi connectivity index (χ0) is 14.3. The van der Waals surface area contributed by atoms with E-state index in [1.165, 1.54) is 19.1 Å². The highest BCUT2D eigenvalue weighted by atomic mass is 16.7. The van der Waals surface area contributed by atoms with Gasteiger partial charge in [0, 0.05) is 6.42 Å². The van der Waals surface area contributed by atoms with Crippen LogP contribution in [0.3, 0.4) is 0 Å². The Bertz CT molecular complexity index is 430. The van der Waals surface area contributed by atoms with Crippen LogP contribution in [0.5, 0.6) is 5.75 Å². The minimum absolute atomic E-state index is 0.113. The summed E-state index contributed by atoms with van der Waals surface area (Å²) in [7, 11) is 0. The van der Waals surface area contributed by atoms with Crippen LogP contribution in [0.25, 0.3) is 0 Å². The number of hydroxylamine groups is 1. The Labute approximate surface area is 109 Å². The first-order chi connectivity index (χ1) is 8.99. The predicted molar refractivity (Wildman–Crippen MR) is 64.5 cm³/mol. The molecule has 0 heterocycles. The molecule has 0 radical (unpaired) electrons. The summed E-state index contributed by atoms with van der Waals surface area (Å²) in [4.78, 5) is 26.1. The molecule has 1 amide bonds. The fourth-order valence-corrected chi connectivity index (χ4v) is 1.14. The lowest BCUT2D eigenvalue weighted by atomic mass is 10.1. The van der Waals surface area contributed by atoms with E-state index >= 15 is 0 Å². The van der Waals surface area contributed by atoms with E-state index in [0.29, 0.717) is 6.42 Å². The molecule has 0 saturated carbocycles. The van der Waals surface area contributed by atoms with Crippen LogP contribution in [0.4, 0.5) is 4.79 Å². The molecular weight excluding hydrogens is 254 g/mol. The highest BCUT2D eigenvalue weighted by Crippen LogP contribution is 2.09. The van der Waals surface area contributed by atoms with Gasteiger partial charge in [-0.3, -0.25) is 4.84 Å². The van der Waals surface area contributed by atoms with Gasteiger partial charge in [-0.2, -0.15) is 5.48 Å². The molecule has 0 spiro atoms. The summed E-state index contributed by atoms with van der Waals surface area (Å²) in [6.45, 7) is 1.39. The average molecular weight is 269 g/mol. The van der Waals surface area contributed by atoms with E-state index in [1.807, 2.05) is 5.48 Å². The number of phenols is 1. The van der Waals surface area contributed by atoms with Crippen molar-refractivity contribution in [3.63, 3.8) is 0 Å². The Hall–Kier alpha value is -2.28. The molecule has 1 rings (SSSR count). The number of rotatable bonds is 6. The van der Waals surface area contributed by atoms with Gasteiger partial charge in [-0.15, -0.1) is 0 Å². The van der Waals surface area contributed by atoms with Gasteiger partial charge in [-0.05, 0) is 24.6 Å². The SMILES string of the molecule is C[C@@H](ONC(=O)OCCc1ccc(O)cc1)C(=O)O. The summed E-state index contributed by atoms with van der Waals surface area (Å²) in [5, 5.41) is 17.6. The van der Waals surface area contributed by atoms with Crippen molar-refractivity contribution < 1.29 is 29.4 Å². The van der Waals surface area contributed by atoms with Crippen LogP contribution in [0.15, 0.2) is 24.3 Å². The van der Waals surface area contributed by atoms with Gasteiger partial charge >= 0.3 is 12.1 Å². The summed E-state index contributed by atoms with van der Waals surface area (Å²) >= 11 is 0. The summed E-state index contributed by atoms with van der Waals surface area (Å²) < 4.78 is 4.78. The first-order valence-corrected chi connectivity index (χ1v) is 5.58. The minimum Gasteiger partial charge on any atom is -0.508 e. The number of benzene rings is 1. The number of nitrogens with one attached hydrogen (secondary N) is 1. The maximum absolute atomic E-state index is 11.1. The molecule has 0 unspecified atom stereocenters. The van der Waals surface area contributed by atoms with Gasteiger partial charge in [-0.1, -0.05) is 12.1 Å². The molecule has 1 aromatic rings. The minimum atomic E-state index is -1.19. The monoisotopic (exact) mass is 269 g/mol. The molecule has 0 bridgehead atoms. The third kappa shape index (κ3) is 5.73. The maximum atomic E-state index is 11.1. The van der Waals surface area contributed by atoms with Crippen LogP contribution in [0.2, 0.25) is 0 Å². The molecule has 7 nitrogen and oxygen atoms in total. The highest BCUT2D eigenvalue weighted by Gasteiger charge is 2.13. The van der Waals surface area contributed by atoms with Crippen molar-refractivity contribution in [2.75, 3.05) is 6.61 Å². The van der Waals surface area contributed by atoms with E-state index in [4.69, 9.17) is 14.9 Å². The summed E-state index contributed by atoms with van der Waals surface area (Å²) in [5.74, 6) is -1.03. The second kappa shape index (κ2) is 7.22. The number of phenolic OH excluding ortho intramolecular Hbond substituents is 1. The lowest BCUT2D eigenvalue weighted by molar-refractivity contribution is -0.152. The number of amides is 1. The van der Waals surface area contributed by atoms with E-state index in [1.54, 1.807) is 12.1 Å². The molecule has 104 valence electrons. The average Bonchev–Trinajstić information content (AvgIpc) is 2.38. The Balaban J connectivity index is 2.20. The zero-order valence-electron chi connectivity index (χ0n) is 10.3. The van der Waals surface area contributed by atoms with E-state index in [-0.39, 0.29) is 12.4 Å². The smallest absolute Gasteiger partial charge is 0.431 e. The lowest BCUT2D eigenvalue weighted by Gasteiger charge is -2.09. The fourth-order valence-electron chi connectivity index (χ4n) is 1.14. The zero-order valence-corrected chi connectivity index (χ0v) is 10.3. The molecule has 0 aromatic heterocycles. The summed E-state index contributed by atoms with van der Waals surface area (Å²) in [6, 6.07) is 6.49. The molecule has 0 saturated heterocycles. The number of hydrogen-bond acceptors (Lipinski definition) is 5. The van der Waals surface area contributed by atoms with Gasteiger partial charge in [0.05, 0.1) is 6.61 Å². The van der Waals surface area contributed by atoms with Gasteiger partial charge in [0.1, 0.15) is 5.75 Å². The topological polar surface area (TPSA) is 105 Å². The van der Waals surface area contributed by atoms with Crippen LogP contribution in [-0.2, 0) is 20.8 Å². The first kappa shape index (κ1) is 14.8. The van der Waals surface area contributed by atoms with Crippen molar-refractivity contribution in [2.24, 2.45) is 0 Å². The lowest BCUT2D eigenvalue weighted by Crippen LogP contribution is -2.33. The van der Waals surface area contributed by atoms with Crippen molar-refractivity contribution in [2.45, 2.75) is 19.4 Å². The quantitative estimate of drug-likeness (QED) is 0.667. The van der Waals surface area contributed by atoms with Gasteiger partial charge in [0.2, 0.25) is 0 Å². The molecule has 7 heteroatoms. The van der Waals surface area contributed by atoms with Gasteiger partial charge in [-0.25, -0.2) is 9.59 Å². The predicted octanol–water partition coefficient (Wildman–Crippen LogP) is 1.07. The third-order valence-corrected chi connectivity index (χ3v) is 2.23. The molecular formula is C12H15NO6. The van der Waals surface area contributed by atoms with Crippen LogP contribution < -0.4 is 5.48 Å². The molecule has 0 aliphatic carbocycles. The van der Waals surface area contributed by atoms with Crippen LogP contribution in [0, 0.1) is 0 Å². The Morgan fingerprint density at radius 1 is 1.32 bits per heavy atom. The fraction of sp³-hybridized carbons (Fsp3) is 0.333. The van der Waals surface area contributed by atoms with Crippen LogP contribution in [-0.4, -0.2) is 35.0 Å². The van der Waals surface area contributed by atoms with Crippen LogP contribution >= 0.6 is 0 Å². The molecule has 19 heavy (non-hydrogen) atoms. The molecule has 0 fully saturated rings. The highest BCUT2D eigenvalue weighted by molar-refractivity contribution is 5.72. The number of carboxylic acid groups (broad SMARTS) is 1. The van der Waals surface area contributed by atoms with E-state index in [9.17, 15) is 9.59 Å². The molecule has 1 aromatic carbocycles. The summed E-state index contributed by atoms with van der Waals surface area (Å²) in [5.41, 5.74) is 2.77. The van der Waals surface area contributed by atoms with E-state index in [2.05, 4.69) is 4.84 Å². The molecule has 0 aliphatic rings. The number of aromatic hydroxyl groups is 1. The van der Waals surface area contributed by atoms with E-state index < -0.39 is 18.2 Å². The standard InChI is InChI=1S/C12H15NO6/c1-8(11(15)16)19-13-12(17)18-7-6-9-2-4-10(14)5-3-9/h2-5,8,14H,6-7H2,1H3,(H,13,17)(H,15,16)/t8-/m1/s1. The van der Waals surface area contributed by atoms with Gasteiger partial charge in [0.25, 0.3) is 0 Å². The maximum Gasteiger partial charge on any atom is 0.431 e. The van der Waals surface area contributed by atoms with Gasteiger partial charge in [0.15, 0.2) is 6.10 Å². The Morgan fingerprint density at radius 2 is 1.95 bits per heavy atom. The van der Waals surface area contributed by atoms with Crippen molar-refractivity contribution >= 4 is 12.1 Å². The first-order valence-electron chi connectivity index (χ1n) is 5.58. The number of carbonyl (C=O) groups excluding carboxylic acids is 1. The molecule has 3 N–H and O–H groups in total. The number of aliphatic carboxylic acids is 1. The Morgan fingerprint density at radius 3 is 2.53 bits per heavy atom. The van der Waals surface area contributed by atoms with Crippen molar-refractivity contribution in [1.82, 2.24) is 5.48 Å². The van der Waals surface area contributed by atoms with Crippen molar-refractivity contribution in [3.8, 4) is 5.75 Å². The van der Waals surface area contributed by atoms with E-state index in [0.717, 1.165) is 5.56 Å².